The fourth-order valence-corrected chi connectivity index (χ4v) is 3.82. The van der Waals surface area contributed by atoms with Gasteiger partial charge in [-0.2, -0.15) is 0 Å². The first kappa shape index (κ1) is 21.4. The van der Waals surface area contributed by atoms with Gasteiger partial charge in [-0.1, -0.05) is 6.07 Å². The highest BCUT2D eigenvalue weighted by Crippen LogP contribution is 2.19. The van der Waals surface area contributed by atoms with Crippen molar-refractivity contribution in [1.82, 2.24) is 0 Å². The van der Waals surface area contributed by atoms with Crippen molar-refractivity contribution in [2.75, 3.05) is 22.4 Å². The number of benzene rings is 1. The maximum Gasteiger partial charge on any atom is 0.379 e. The van der Waals surface area contributed by atoms with Crippen LogP contribution >= 0.6 is 0 Å². The number of alkyl halides is 2. The number of hydrogen-bond donors (Lipinski definition) is 1. The van der Waals surface area contributed by atoms with Gasteiger partial charge in [0.2, 0.25) is 6.43 Å². The van der Waals surface area contributed by atoms with E-state index in [1.165, 1.54) is 18.2 Å². The Bertz CT molecular complexity index is 713. The van der Waals surface area contributed by atoms with Crippen LogP contribution in [0.5, 0.6) is 0 Å². The molecule has 0 bridgehead atoms. The van der Waals surface area contributed by atoms with E-state index in [1.807, 2.05) is 0 Å². The summed E-state index contributed by atoms with van der Waals surface area (Å²) in [6.07, 6.45) is -3.60. The summed E-state index contributed by atoms with van der Waals surface area (Å²) < 4.78 is 80.9. The molecular weight excluding hydrogens is 387 g/mol. The molecule has 0 fully saturated rings. The van der Waals surface area contributed by atoms with Crippen LogP contribution in [0, 0.1) is 0 Å². The van der Waals surface area contributed by atoms with Crippen molar-refractivity contribution in [1.29, 1.82) is 0 Å². The summed E-state index contributed by atoms with van der Waals surface area (Å²) in [6.45, 7) is -0.203. The predicted molar refractivity (Wildman–Crippen MR) is 85.0 cm³/mol. The molecule has 1 rings (SSSR count). The predicted octanol–water partition coefficient (Wildman–Crippen LogP) is 2.13. The first-order chi connectivity index (χ1) is 11.7. The average molecular weight is 403 g/mol. The number of sulfone groups is 1. The van der Waals surface area contributed by atoms with Crippen LogP contribution < -0.4 is 4.31 Å². The summed E-state index contributed by atoms with van der Waals surface area (Å²) in [5.74, 6) is -2.41. The van der Waals surface area contributed by atoms with Crippen molar-refractivity contribution in [2.24, 2.45) is 0 Å². The van der Waals surface area contributed by atoms with Crippen molar-refractivity contribution in [3.63, 3.8) is 0 Å². The topological polar surface area (TPSA) is 101 Å². The van der Waals surface area contributed by atoms with Crippen LogP contribution in [-0.4, -0.2) is 47.6 Å². The van der Waals surface area contributed by atoms with Crippen molar-refractivity contribution < 1.29 is 40.2 Å². The molecule has 12 heteroatoms. The number of anilines is 1. The molecule has 0 saturated heterocycles. The van der Waals surface area contributed by atoms with E-state index in [1.54, 1.807) is 0 Å². The Morgan fingerprint density at radius 1 is 1.32 bits per heavy atom. The lowest BCUT2D eigenvalue weighted by atomic mass is 10.2. The molecule has 7 nitrogen and oxygen atoms in total. The average Bonchev–Trinajstić information content (AvgIpc) is 2.56. The highest BCUT2D eigenvalue weighted by Gasteiger charge is 2.18. The zero-order chi connectivity index (χ0) is 19.0. The Morgan fingerprint density at radius 3 is 2.56 bits per heavy atom. The number of rotatable bonds is 10. The van der Waals surface area contributed by atoms with Crippen molar-refractivity contribution in [3.05, 3.63) is 29.8 Å². The molecule has 0 saturated carbocycles. The quantitative estimate of drug-likeness (QED) is 0.601. The van der Waals surface area contributed by atoms with E-state index in [0.29, 0.717) is 0 Å². The van der Waals surface area contributed by atoms with Crippen LogP contribution in [0.1, 0.15) is 23.2 Å². The molecule has 0 aliphatic heterocycles. The molecule has 0 aliphatic carbocycles. The second kappa shape index (κ2) is 9.73. The normalized spacial score (nSPS) is 12.8. The molecule has 0 spiro atoms. The smallest absolute Gasteiger partial charge is 0.289 e. The maximum atomic E-state index is 12.1. The van der Waals surface area contributed by atoms with Gasteiger partial charge in [0.15, 0.2) is 9.84 Å². The number of hydrogen-bond acceptors (Lipinski definition) is 5. The molecule has 0 amide bonds. The summed E-state index contributed by atoms with van der Waals surface area (Å²) in [4.78, 5) is 14.2. The number of halogens is 3. The molecular formula is C13H16F3NO6S2. The number of carbonyl (C=O) groups excluding carboxylic acids is 1. The largest absolute Gasteiger partial charge is 0.379 e. The van der Waals surface area contributed by atoms with E-state index < -0.39 is 51.4 Å². The highest BCUT2D eigenvalue weighted by molar-refractivity contribution is 7.91. The van der Waals surface area contributed by atoms with Gasteiger partial charge in [-0.25, -0.2) is 31.1 Å². The monoisotopic (exact) mass is 403 g/mol. The molecule has 0 aromatic heterocycles. The summed E-state index contributed by atoms with van der Waals surface area (Å²) in [6, 6.07) is 5.00. The highest BCUT2D eigenvalue weighted by atomic mass is 32.2. The van der Waals surface area contributed by atoms with Gasteiger partial charge >= 0.3 is 5.97 Å². The SMILES string of the molecule is O=C(OF)c1cccc(N(CCCS(=O)(=O)CCC(F)F)S(=O)O)c1. The van der Waals surface area contributed by atoms with Crippen LogP contribution in [0.25, 0.3) is 0 Å². The summed E-state index contributed by atoms with van der Waals surface area (Å²) >= 11 is -2.54. The standard InChI is InChI=1S/C13H16F3NO6S2/c14-12(15)5-8-25(21,22)7-2-6-17(24(19)20)11-4-1-3-10(9-11)13(18)23-16/h1,3-4,9,12H,2,5-8H2,(H,19,20). The van der Waals surface area contributed by atoms with Gasteiger partial charge in [-0.3, -0.25) is 8.86 Å². The fraction of sp³-hybridized carbons (Fsp3) is 0.462. The Kier molecular flexibility index (Phi) is 8.32. The van der Waals surface area contributed by atoms with Gasteiger partial charge < -0.3 is 0 Å². The lowest BCUT2D eigenvalue weighted by Gasteiger charge is -2.20. The van der Waals surface area contributed by atoms with E-state index >= 15 is 0 Å². The van der Waals surface area contributed by atoms with Gasteiger partial charge in [0.05, 0.1) is 22.8 Å². The minimum atomic E-state index is -3.72. The fourth-order valence-electron chi connectivity index (χ4n) is 1.93. The van der Waals surface area contributed by atoms with Gasteiger partial charge in [0.1, 0.15) is 0 Å². The zero-order valence-corrected chi connectivity index (χ0v) is 14.4. The second-order valence-corrected chi connectivity index (χ2v) is 8.14. The molecule has 142 valence electrons. The Hall–Kier alpha value is -1.66. The third-order valence-electron chi connectivity index (χ3n) is 3.09. The van der Waals surface area contributed by atoms with Crippen molar-refractivity contribution in [2.45, 2.75) is 19.3 Å². The zero-order valence-electron chi connectivity index (χ0n) is 12.8. The first-order valence-corrected chi connectivity index (χ1v) is 9.85. The van der Waals surface area contributed by atoms with E-state index in [9.17, 15) is 35.3 Å². The number of nitrogens with zero attached hydrogens (tertiary/aromatic N) is 1. The summed E-state index contributed by atoms with van der Waals surface area (Å²) in [7, 11) is -3.72. The minimum Gasteiger partial charge on any atom is -0.289 e. The molecule has 1 unspecified atom stereocenters. The number of carbonyl (C=O) groups is 1. The van der Waals surface area contributed by atoms with Crippen LogP contribution in [-0.2, 0) is 26.0 Å². The van der Waals surface area contributed by atoms with Crippen molar-refractivity contribution in [3.8, 4) is 0 Å². The van der Waals surface area contributed by atoms with Crippen molar-refractivity contribution >= 4 is 32.8 Å². The Balaban J connectivity index is 2.76. The van der Waals surface area contributed by atoms with E-state index in [0.717, 1.165) is 10.4 Å². The molecule has 1 N–H and O–H groups in total. The molecule has 0 heterocycles. The van der Waals surface area contributed by atoms with Crippen LogP contribution in [0.3, 0.4) is 0 Å². The van der Waals surface area contributed by atoms with Gasteiger partial charge in [-0.05, 0) is 24.6 Å². The second-order valence-electron chi connectivity index (χ2n) is 4.93. The molecule has 0 radical (unpaired) electrons. The molecule has 1 atom stereocenters. The van der Waals surface area contributed by atoms with Gasteiger partial charge in [0.25, 0.3) is 11.3 Å². The minimum absolute atomic E-state index is 0.0636. The third-order valence-corrected chi connectivity index (χ3v) is 5.63. The summed E-state index contributed by atoms with van der Waals surface area (Å²) in [5, 5.41) is 0. The third kappa shape index (κ3) is 7.40. The summed E-state index contributed by atoms with van der Waals surface area (Å²) in [5.41, 5.74) is -0.145. The lowest BCUT2D eigenvalue weighted by molar-refractivity contribution is -0.0787. The van der Waals surface area contributed by atoms with E-state index in [4.69, 9.17) is 0 Å². The van der Waals surface area contributed by atoms with Crippen LogP contribution in [0.2, 0.25) is 0 Å². The molecule has 1 aromatic carbocycles. The van der Waals surface area contributed by atoms with Crippen LogP contribution in [0.4, 0.5) is 19.0 Å². The van der Waals surface area contributed by atoms with Gasteiger partial charge in [0, 0.05) is 17.5 Å². The first-order valence-electron chi connectivity index (χ1n) is 6.96. The van der Waals surface area contributed by atoms with E-state index in [-0.39, 0.29) is 24.2 Å². The Labute approximate surface area is 145 Å². The molecule has 0 aliphatic rings. The Morgan fingerprint density at radius 2 is 2.00 bits per heavy atom. The lowest BCUT2D eigenvalue weighted by Crippen LogP contribution is -2.28. The van der Waals surface area contributed by atoms with E-state index in [2.05, 4.69) is 4.94 Å². The van der Waals surface area contributed by atoms with Gasteiger partial charge in [-0.15, -0.1) is 0 Å². The molecule has 1 aromatic rings. The molecule has 25 heavy (non-hydrogen) atoms. The van der Waals surface area contributed by atoms with Crippen LogP contribution in [0.15, 0.2) is 24.3 Å². The maximum absolute atomic E-state index is 12.1.